The van der Waals surface area contributed by atoms with Gasteiger partial charge < -0.3 is 19.4 Å². The summed E-state index contributed by atoms with van der Waals surface area (Å²) in [7, 11) is 3.23. The van der Waals surface area contributed by atoms with E-state index in [-0.39, 0.29) is 5.91 Å². The van der Waals surface area contributed by atoms with Gasteiger partial charge in [-0.25, -0.2) is 0 Å². The molecule has 34 heavy (non-hydrogen) atoms. The Bertz CT molecular complexity index is 1270. The lowest BCUT2D eigenvalue weighted by Crippen LogP contribution is -2.27. The number of carbonyl (C=O) groups is 1. The van der Waals surface area contributed by atoms with Crippen LogP contribution in [0, 0.1) is 0 Å². The van der Waals surface area contributed by atoms with Gasteiger partial charge in [-0.05, 0) is 47.9 Å². The molecule has 0 unspecified atom stereocenters. The number of aromatic nitrogens is 1. The van der Waals surface area contributed by atoms with E-state index in [1.54, 1.807) is 26.0 Å². The molecule has 3 aromatic carbocycles. The topological polar surface area (TPSA) is 52.5 Å². The maximum absolute atomic E-state index is 12.5. The van der Waals surface area contributed by atoms with Crippen molar-refractivity contribution in [3.63, 3.8) is 0 Å². The molecular formula is C27H27ClN2O3S. The van der Waals surface area contributed by atoms with Crippen molar-refractivity contribution in [2.24, 2.45) is 0 Å². The molecule has 5 nitrogen and oxygen atoms in total. The van der Waals surface area contributed by atoms with E-state index in [2.05, 4.69) is 28.2 Å². The number of para-hydroxylation sites is 1. The zero-order valence-corrected chi connectivity index (χ0v) is 20.8. The summed E-state index contributed by atoms with van der Waals surface area (Å²) < 4.78 is 12.8. The first kappa shape index (κ1) is 24.0. The Hall–Kier alpha value is -3.09. The second kappa shape index (κ2) is 11.4. The summed E-state index contributed by atoms with van der Waals surface area (Å²) in [5.74, 6) is 1.76. The van der Waals surface area contributed by atoms with Crippen LogP contribution in [-0.2, 0) is 17.8 Å². The highest BCUT2D eigenvalue weighted by Gasteiger charge is 2.11. The van der Waals surface area contributed by atoms with Crippen molar-refractivity contribution >= 4 is 40.2 Å². The standard InChI is InChI=1S/C27H27ClN2O3S/c1-32-24-12-9-19(15-25(24)33-2)13-14-29-27(31)18-34-26-17-30(23-6-4-3-5-22(23)26)16-20-7-10-21(28)11-8-20/h3-12,15,17H,13-14,16,18H2,1-2H3,(H,29,31). The van der Waals surface area contributed by atoms with E-state index < -0.39 is 0 Å². The molecule has 1 amide bonds. The van der Waals surface area contributed by atoms with Crippen LogP contribution in [0.5, 0.6) is 11.5 Å². The smallest absolute Gasteiger partial charge is 0.230 e. The van der Waals surface area contributed by atoms with Gasteiger partial charge in [-0.1, -0.05) is 48.0 Å². The average Bonchev–Trinajstić information content (AvgIpc) is 3.21. The minimum Gasteiger partial charge on any atom is -0.493 e. The van der Waals surface area contributed by atoms with Crippen LogP contribution in [-0.4, -0.2) is 37.0 Å². The third-order valence-electron chi connectivity index (χ3n) is 5.56. The highest BCUT2D eigenvalue weighted by Crippen LogP contribution is 2.31. The Morgan fingerprint density at radius 2 is 1.71 bits per heavy atom. The summed E-state index contributed by atoms with van der Waals surface area (Å²) >= 11 is 7.58. The maximum Gasteiger partial charge on any atom is 0.230 e. The number of methoxy groups -OCH3 is 2. The second-order valence-corrected chi connectivity index (χ2v) is 9.30. The average molecular weight is 495 g/mol. The van der Waals surface area contributed by atoms with Gasteiger partial charge >= 0.3 is 0 Å². The van der Waals surface area contributed by atoms with E-state index in [1.807, 2.05) is 54.6 Å². The predicted octanol–water partition coefficient (Wildman–Crippen LogP) is 5.81. The van der Waals surface area contributed by atoms with Gasteiger partial charge in [0.2, 0.25) is 5.91 Å². The minimum atomic E-state index is 0.0139. The number of fused-ring (bicyclic) bond motifs is 1. The molecule has 4 aromatic rings. The molecule has 4 rings (SSSR count). The molecule has 0 bridgehead atoms. The molecule has 0 radical (unpaired) electrons. The van der Waals surface area contributed by atoms with Crippen LogP contribution in [0.3, 0.4) is 0 Å². The normalized spacial score (nSPS) is 10.9. The molecule has 1 heterocycles. The van der Waals surface area contributed by atoms with Gasteiger partial charge in [0.1, 0.15) is 0 Å². The van der Waals surface area contributed by atoms with Crippen LogP contribution in [0.25, 0.3) is 10.9 Å². The Labute approximate surface area is 209 Å². The number of halogens is 1. The fraction of sp³-hybridized carbons (Fsp3) is 0.222. The largest absolute Gasteiger partial charge is 0.493 e. The molecule has 1 N–H and O–H groups in total. The number of hydrogen-bond donors (Lipinski definition) is 1. The predicted molar refractivity (Wildman–Crippen MR) is 139 cm³/mol. The van der Waals surface area contributed by atoms with Crippen molar-refractivity contribution in [2.45, 2.75) is 17.9 Å². The van der Waals surface area contributed by atoms with Crippen molar-refractivity contribution in [1.82, 2.24) is 9.88 Å². The van der Waals surface area contributed by atoms with Crippen molar-refractivity contribution < 1.29 is 14.3 Å². The second-order valence-electron chi connectivity index (χ2n) is 7.84. The zero-order valence-electron chi connectivity index (χ0n) is 19.2. The first-order chi connectivity index (χ1) is 16.6. The van der Waals surface area contributed by atoms with Crippen LogP contribution in [0.1, 0.15) is 11.1 Å². The first-order valence-corrected chi connectivity index (χ1v) is 12.4. The van der Waals surface area contributed by atoms with Crippen molar-refractivity contribution in [2.75, 3.05) is 26.5 Å². The van der Waals surface area contributed by atoms with Crippen LogP contribution in [0.15, 0.2) is 77.8 Å². The van der Waals surface area contributed by atoms with Gasteiger partial charge in [-0.3, -0.25) is 4.79 Å². The molecule has 176 valence electrons. The van der Waals surface area contributed by atoms with E-state index in [1.165, 1.54) is 5.56 Å². The molecule has 0 aliphatic heterocycles. The van der Waals surface area contributed by atoms with E-state index >= 15 is 0 Å². The Morgan fingerprint density at radius 3 is 2.47 bits per heavy atom. The van der Waals surface area contributed by atoms with E-state index in [0.717, 1.165) is 39.4 Å². The number of nitrogens with zero attached hydrogens (tertiary/aromatic N) is 1. The van der Waals surface area contributed by atoms with Crippen molar-refractivity contribution in [3.8, 4) is 11.5 Å². The molecule has 7 heteroatoms. The summed E-state index contributed by atoms with van der Waals surface area (Å²) in [6.45, 7) is 1.31. The minimum absolute atomic E-state index is 0.0139. The van der Waals surface area contributed by atoms with Crippen LogP contribution in [0.2, 0.25) is 5.02 Å². The third-order valence-corrected chi connectivity index (χ3v) is 6.86. The number of hydrogen-bond acceptors (Lipinski definition) is 4. The van der Waals surface area contributed by atoms with Crippen LogP contribution in [0.4, 0.5) is 0 Å². The number of thioether (sulfide) groups is 1. The molecular weight excluding hydrogens is 468 g/mol. The van der Waals surface area contributed by atoms with E-state index in [0.29, 0.717) is 23.8 Å². The third kappa shape index (κ3) is 5.88. The van der Waals surface area contributed by atoms with Gasteiger partial charge in [0.05, 0.1) is 20.0 Å². The quantitative estimate of drug-likeness (QED) is 0.283. The summed E-state index contributed by atoms with van der Waals surface area (Å²) in [5, 5.41) is 4.90. The molecule has 0 atom stereocenters. The Morgan fingerprint density at radius 1 is 0.971 bits per heavy atom. The molecule has 0 saturated carbocycles. The molecule has 1 aromatic heterocycles. The lowest BCUT2D eigenvalue weighted by molar-refractivity contribution is -0.118. The van der Waals surface area contributed by atoms with Crippen LogP contribution >= 0.6 is 23.4 Å². The van der Waals surface area contributed by atoms with Gasteiger partial charge in [0.15, 0.2) is 11.5 Å². The number of benzene rings is 3. The van der Waals surface area contributed by atoms with Gasteiger partial charge in [-0.2, -0.15) is 0 Å². The number of ether oxygens (including phenoxy) is 2. The lowest BCUT2D eigenvalue weighted by Gasteiger charge is -2.10. The van der Waals surface area contributed by atoms with Gasteiger partial charge in [0, 0.05) is 40.1 Å². The fourth-order valence-corrected chi connectivity index (χ4v) is 4.87. The first-order valence-electron chi connectivity index (χ1n) is 11.0. The molecule has 0 aliphatic carbocycles. The van der Waals surface area contributed by atoms with E-state index in [9.17, 15) is 4.79 Å². The van der Waals surface area contributed by atoms with Gasteiger partial charge in [0.25, 0.3) is 0 Å². The summed E-state index contributed by atoms with van der Waals surface area (Å²) in [6, 6.07) is 22.0. The number of amides is 1. The number of rotatable bonds is 10. The van der Waals surface area contributed by atoms with Crippen LogP contribution < -0.4 is 14.8 Å². The van der Waals surface area contributed by atoms with Crippen molar-refractivity contribution in [1.29, 1.82) is 0 Å². The molecule has 0 saturated heterocycles. The summed E-state index contributed by atoms with van der Waals surface area (Å²) in [4.78, 5) is 13.6. The van der Waals surface area contributed by atoms with Gasteiger partial charge in [-0.15, -0.1) is 11.8 Å². The monoisotopic (exact) mass is 494 g/mol. The number of nitrogens with one attached hydrogen (secondary N) is 1. The van der Waals surface area contributed by atoms with E-state index in [4.69, 9.17) is 21.1 Å². The Balaban J connectivity index is 1.35. The molecule has 0 fully saturated rings. The molecule has 0 aliphatic rings. The lowest BCUT2D eigenvalue weighted by atomic mass is 10.1. The SMILES string of the molecule is COc1ccc(CCNC(=O)CSc2cn(Cc3ccc(Cl)cc3)c3ccccc23)cc1OC. The summed E-state index contributed by atoms with van der Waals surface area (Å²) in [6.07, 6.45) is 2.85. The Kier molecular flexibility index (Phi) is 8.03. The summed E-state index contributed by atoms with van der Waals surface area (Å²) in [5.41, 5.74) is 3.40. The fourth-order valence-electron chi connectivity index (χ4n) is 3.82. The number of carbonyl (C=O) groups excluding carboxylic acids is 1. The highest BCUT2D eigenvalue weighted by atomic mass is 35.5. The molecule has 0 spiro atoms. The highest BCUT2D eigenvalue weighted by molar-refractivity contribution is 8.00. The zero-order chi connectivity index (χ0) is 23.9. The maximum atomic E-state index is 12.5. The van der Waals surface area contributed by atoms with Crippen molar-refractivity contribution in [3.05, 3.63) is 89.1 Å².